The van der Waals surface area contributed by atoms with E-state index in [1.165, 1.54) is 0 Å². The summed E-state index contributed by atoms with van der Waals surface area (Å²) in [5.41, 5.74) is 3.47. The summed E-state index contributed by atoms with van der Waals surface area (Å²) in [6.07, 6.45) is 0. The van der Waals surface area contributed by atoms with E-state index in [4.69, 9.17) is 4.52 Å². The van der Waals surface area contributed by atoms with Crippen LogP contribution < -0.4 is 0 Å². The lowest BCUT2D eigenvalue weighted by atomic mass is 10.0. The Hall–Kier alpha value is -2.39. The van der Waals surface area contributed by atoms with Crippen LogP contribution in [0.4, 0.5) is 0 Å². The van der Waals surface area contributed by atoms with Gasteiger partial charge in [0.25, 0.3) is 0 Å². The van der Waals surface area contributed by atoms with Crippen molar-refractivity contribution >= 4 is 0 Å². The molecule has 3 aromatic rings. The number of aliphatic hydroxyl groups excluding tert-OH is 1. The van der Waals surface area contributed by atoms with Gasteiger partial charge < -0.3 is 9.63 Å². The minimum Gasteiger partial charge on any atom is -0.392 e. The Kier molecular flexibility index (Phi) is 3.12. The second kappa shape index (κ2) is 5.08. The molecule has 1 N–H and O–H groups in total. The normalized spacial score (nSPS) is 10.6. The third-order valence-corrected chi connectivity index (χ3v) is 3.03. The maximum Gasteiger partial charge on any atom is 0.167 e. The number of benzene rings is 2. The molecule has 0 saturated heterocycles. The molecule has 2 aromatic carbocycles. The Balaban J connectivity index is 2.02. The van der Waals surface area contributed by atoms with Crippen LogP contribution in [0.5, 0.6) is 0 Å². The second-order valence-corrected chi connectivity index (χ2v) is 4.26. The fraction of sp³-hybridized carbons (Fsp3) is 0.0625. The zero-order valence-corrected chi connectivity index (χ0v) is 10.3. The molecule has 0 amide bonds. The van der Waals surface area contributed by atoms with Crippen LogP contribution in [0, 0.1) is 0 Å². The van der Waals surface area contributed by atoms with Crippen molar-refractivity contribution in [3.8, 4) is 22.6 Å². The fourth-order valence-corrected chi connectivity index (χ4v) is 2.05. The summed E-state index contributed by atoms with van der Waals surface area (Å²) in [5, 5.41) is 13.4. The molecule has 1 heterocycles. The van der Waals surface area contributed by atoms with Crippen LogP contribution in [0.3, 0.4) is 0 Å². The van der Waals surface area contributed by atoms with Crippen LogP contribution in [0.1, 0.15) is 5.56 Å². The molecule has 3 nitrogen and oxygen atoms in total. The van der Waals surface area contributed by atoms with Gasteiger partial charge in [-0.05, 0) is 5.56 Å². The maximum absolute atomic E-state index is 9.35. The molecule has 3 heteroatoms. The molecule has 0 aliphatic carbocycles. The van der Waals surface area contributed by atoms with Gasteiger partial charge in [0, 0.05) is 17.2 Å². The Morgan fingerprint density at radius 2 is 1.68 bits per heavy atom. The predicted octanol–water partition coefficient (Wildman–Crippen LogP) is 3.50. The largest absolute Gasteiger partial charge is 0.392 e. The first-order valence-electron chi connectivity index (χ1n) is 6.10. The van der Waals surface area contributed by atoms with E-state index in [-0.39, 0.29) is 6.61 Å². The van der Waals surface area contributed by atoms with E-state index in [2.05, 4.69) is 5.16 Å². The summed E-state index contributed by atoms with van der Waals surface area (Å²) in [5.74, 6) is 0.725. The van der Waals surface area contributed by atoms with Crippen molar-refractivity contribution < 1.29 is 9.63 Å². The molecule has 0 saturated carbocycles. The van der Waals surface area contributed by atoms with Crippen LogP contribution >= 0.6 is 0 Å². The Bertz CT molecular complexity index is 674. The number of nitrogens with zero attached hydrogens (tertiary/aromatic N) is 1. The van der Waals surface area contributed by atoms with E-state index in [1.807, 2.05) is 60.7 Å². The van der Waals surface area contributed by atoms with E-state index in [9.17, 15) is 5.11 Å². The summed E-state index contributed by atoms with van der Waals surface area (Å²) >= 11 is 0. The van der Waals surface area contributed by atoms with Gasteiger partial charge in [-0.25, -0.2) is 0 Å². The average molecular weight is 251 g/mol. The first-order chi connectivity index (χ1) is 9.38. The lowest BCUT2D eigenvalue weighted by Crippen LogP contribution is -1.88. The molecule has 0 aliphatic heterocycles. The second-order valence-electron chi connectivity index (χ2n) is 4.26. The zero-order valence-electron chi connectivity index (χ0n) is 10.3. The van der Waals surface area contributed by atoms with Gasteiger partial charge in [0.05, 0.1) is 6.61 Å². The first-order valence-corrected chi connectivity index (χ1v) is 6.10. The number of aliphatic hydroxyl groups is 1. The molecule has 19 heavy (non-hydrogen) atoms. The Labute approximate surface area is 111 Å². The van der Waals surface area contributed by atoms with Gasteiger partial charge in [-0.2, -0.15) is 0 Å². The highest BCUT2D eigenvalue weighted by atomic mass is 16.5. The molecule has 3 rings (SSSR count). The molecule has 94 valence electrons. The molecule has 0 unspecified atom stereocenters. The van der Waals surface area contributed by atoms with E-state index in [1.54, 1.807) is 0 Å². The van der Waals surface area contributed by atoms with Crippen molar-refractivity contribution in [2.45, 2.75) is 6.61 Å². The highest BCUT2D eigenvalue weighted by Crippen LogP contribution is 2.27. The van der Waals surface area contributed by atoms with Crippen molar-refractivity contribution in [1.82, 2.24) is 5.16 Å². The predicted molar refractivity (Wildman–Crippen MR) is 73.3 cm³/mol. The standard InChI is InChI=1S/C16H13NO2/c18-11-13-8-4-5-9-14(13)15-10-16(19-17-15)12-6-2-1-3-7-12/h1-10,18H,11H2. The van der Waals surface area contributed by atoms with E-state index < -0.39 is 0 Å². The Morgan fingerprint density at radius 1 is 0.947 bits per heavy atom. The molecular formula is C16H13NO2. The number of hydrogen-bond donors (Lipinski definition) is 1. The average Bonchev–Trinajstić information content (AvgIpc) is 2.98. The number of aromatic nitrogens is 1. The lowest BCUT2D eigenvalue weighted by molar-refractivity contribution is 0.282. The van der Waals surface area contributed by atoms with Gasteiger partial charge in [0.15, 0.2) is 5.76 Å². The summed E-state index contributed by atoms with van der Waals surface area (Å²) in [6.45, 7) is -0.0102. The van der Waals surface area contributed by atoms with Crippen molar-refractivity contribution in [3.63, 3.8) is 0 Å². The number of rotatable bonds is 3. The van der Waals surface area contributed by atoms with Crippen LogP contribution in [-0.4, -0.2) is 10.3 Å². The van der Waals surface area contributed by atoms with E-state index >= 15 is 0 Å². The van der Waals surface area contributed by atoms with Gasteiger partial charge in [-0.15, -0.1) is 0 Å². The van der Waals surface area contributed by atoms with Crippen LogP contribution in [0.2, 0.25) is 0 Å². The monoisotopic (exact) mass is 251 g/mol. The van der Waals surface area contributed by atoms with E-state index in [0.29, 0.717) is 0 Å². The zero-order chi connectivity index (χ0) is 13.1. The molecule has 0 aliphatic rings. The van der Waals surface area contributed by atoms with Gasteiger partial charge in [-0.3, -0.25) is 0 Å². The van der Waals surface area contributed by atoms with Crippen molar-refractivity contribution in [2.75, 3.05) is 0 Å². The summed E-state index contributed by atoms with van der Waals surface area (Å²) in [7, 11) is 0. The maximum atomic E-state index is 9.35. The molecule has 0 atom stereocenters. The first kappa shape index (κ1) is 11.7. The van der Waals surface area contributed by atoms with Gasteiger partial charge >= 0.3 is 0 Å². The van der Waals surface area contributed by atoms with Gasteiger partial charge in [0.1, 0.15) is 5.69 Å². The fourth-order valence-electron chi connectivity index (χ4n) is 2.05. The van der Waals surface area contributed by atoms with Crippen LogP contribution in [0.25, 0.3) is 22.6 Å². The quantitative estimate of drug-likeness (QED) is 0.775. The third-order valence-electron chi connectivity index (χ3n) is 3.03. The lowest BCUT2D eigenvalue weighted by Gasteiger charge is -2.02. The minimum absolute atomic E-state index is 0.0102. The van der Waals surface area contributed by atoms with Gasteiger partial charge in [-0.1, -0.05) is 59.8 Å². The van der Waals surface area contributed by atoms with Crippen molar-refractivity contribution in [2.24, 2.45) is 0 Å². The molecule has 0 radical (unpaired) electrons. The Morgan fingerprint density at radius 3 is 2.47 bits per heavy atom. The van der Waals surface area contributed by atoms with Crippen LogP contribution in [0.15, 0.2) is 65.2 Å². The van der Waals surface area contributed by atoms with E-state index in [0.717, 1.165) is 28.1 Å². The topological polar surface area (TPSA) is 46.3 Å². The number of hydrogen-bond acceptors (Lipinski definition) is 3. The third kappa shape index (κ3) is 2.28. The molecule has 0 spiro atoms. The highest BCUT2D eigenvalue weighted by molar-refractivity contribution is 5.68. The van der Waals surface area contributed by atoms with Crippen molar-refractivity contribution in [1.29, 1.82) is 0 Å². The molecule has 1 aromatic heterocycles. The molecule has 0 bridgehead atoms. The summed E-state index contributed by atoms with van der Waals surface area (Å²) in [4.78, 5) is 0. The summed E-state index contributed by atoms with van der Waals surface area (Å²) in [6, 6.07) is 19.3. The van der Waals surface area contributed by atoms with Crippen LogP contribution in [-0.2, 0) is 6.61 Å². The molecular weight excluding hydrogens is 238 g/mol. The smallest absolute Gasteiger partial charge is 0.167 e. The SMILES string of the molecule is OCc1ccccc1-c1cc(-c2ccccc2)on1. The minimum atomic E-state index is -0.0102. The summed E-state index contributed by atoms with van der Waals surface area (Å²) < 4.78 is 5.37. The highest BCUT2D eigenvalue weighted by Gasteiger charge is 2.10. The van der Waals surface area contributed by atoms with Gasteiger partial charge in [0.2, 0.25) is 0 Å². The van der Waals surface area contributed by atoms with Crippen molar-refractivity contribution in [3.05, 3.63) is 66.2 Å². The molecule has 0 fully saturated rings.